The third-order valence-corrected chi connectivity index (χ3v) is 5.99. The maximum atomic E-state index is 13.3. The van der Waals surface area contributed by atoms with Crippen molar-refractivity contribution in [2.45, 2.75) is 34.3 Å². The Morgan fingerprint density at radius 2 is 1.55 bits per heavy atom. The molecule has 206 valence electrons. The highest BCUT2D eigenvalue weighted by molar-refractivity contribution is 6.39. The van der Waals surface area contributed by atoms with Crippen molar-refractivity contribution in [2.75, 3.05) is 18.1 Å². The first-order valence-electron chi connectivity index (χ1n) is 12.9. The van der Waals surface area contributed by atoms with Gasteiger partial charge in [-0.1, -0.05) is 35.4 Å². The van der Waals surface area contributed by atoms with Crippen molar-refractivity contribution in [3.05, 3.63) is 94.1 Å². The molecule has 9 heteroatoms. The number of anilines is 1. The predicted molar refractivity (Wildman–Crippen MR) is 149 cm³/mol. The van der Waals surface area contributed by atoms with Crippen LogP contribution in [0.15, 0.2) is 66.2 Å². The highest BCUT2D eigenvalue weighted by Gasteiger charge is 2.37. The van der Waals surface area contributed by atoms with E-state index in [-0.39, 0.29) is 23.4 Å². The summed E-state index contributed by atoms with van der Waals surface area (Å²) in [4.78, 5) is 51.3. The molecule has 3 aromatic carbocycles. The fourth-order valence-corrected chi connectivity index (χ4v) is 4.34. The molecule has 1 heterocycles. The minimum absolute atomic E-state index is 0.194. The summed E-state index contributed by atoms with van der Waals surface area (Å²) in [6.07, 6.45) is 1.39. The summed E-state index contributed by atoms with van der Waals surface area (Å²) in [7, 11) is 0. The van der Waals surface area contributed by atoms with Gasteiger partial charge in [0, 0.05) is 0 Å². The van der Waals surface area contributed by atoms with Crippen LogP contribution in [0.5, 0.6) is 11.5 Å². The third-order valence-electron chi connectivity index (χ3n) is 5.99. The number of barbiturate groups is 1. The maximum absolute atomic E-state index is 13.3. The number of aryl methyl sites for hydroxylation is 2. The van der Waals surface area contributed by atoms with Gasteiger partial charge in [0.2, 0.25) is 0 Å². The lowest BCUT2D eigenvalue weighted by Gasteiger charge is -2.26. The van der Waals surface area contributed by atoms with Gasteiger partial charge >= 0.3 is 12.0 Å². The van der Waals surface area contributed by atoms with E-state index in [1.807, 2.05) is 20.8 Å². The van der Waals surface area contributed by atoms with E-state index < -0.39 is 23.8 Å². The number of hydrogen-bond acceptors (Lipinski definition) is 7. The number of rotatable bonds is 9. The van der Waals surface area contributed by atoms with Crippen molar-refractivity contribution >= 4 is 35.6 Å². The fraction of sp³-hybridized carbons (Fsp3) is 0.226. The molecule has 3 aromatic rings. The first-order valence-corrected chi connectivity index (χ1v) is 12.9. The van der Waals surface area contributed by atoms with Crippen LogP contribution in [-0.2, 0) is 20.9 Å². The van der Waals surface area contributed by atoms with E-state index >= 15 is 0 Å². The molecule has 0 unspecified atom stereocenters. The molecule has 9 nitrogen and oxygen atoms in total. The topological polar surface area (TPSA) is 111 Å². The van der Waals surface area contributed by atoms with Crippen LogP contribution >= 0.6 is 0 Å². The van der Waals surface area contributed by atoms with Gasteiger partial charge in [-0.05, 0) is 81.3 Å². The number of ether oxygens (including phenoxy) is 3. The monoisotopic (exact) mass is 542 g/mol. The first kappa shape index (κ1) is 28.1. The van der Waals surface area contributed by atoms with Crippen molar-refractivity contribution in [2.24, 2.45) is 0 Å². The van der Waals surface area contributed by atoms with Gasteiger partial charge in [-0.3, -0.25) is 14.9 Å². The van der Waals surface area contributed by atoms with E-state index in [1.54, 1.807) is 25.1 Å². The van der Waals surface area contributed by atoms with Crippen LogP contribution in [0, 0.1) is 13.8 Å². The van der Waals surface area contributed by atoms with Gasteiger partial charge in [-0.15, -0.1) is 0 Å². The number of urea groups is 1. The van der Waals surface area contributed by atoms with E-state index in [1.165, 1.54) is 30.3 Å². The second kappa shape index (κ2) is 12.3. The van der Waals surface area contributed by atoms with Crippen LogP contribution in [0.3, 0.4) is 0 Å². The van der Waals surface area contributed by atoms with Crippen molar-refractivity contribution in [1.29, 1.82) is 0 Å². The van der Waals surface area contributed by atoms with Crippen molar-refractivity contribution in [3.63, 3.8) is 0 Å². The Balaban J connectivity index is 1.58. The average Bonchev–Trinajstić information content (AvgIpc) is 2.90. The van der Waals surface area contributed by atoms with Crippen LogP contribution in [-0.4, -0.2) is 37.0 Å². The lowest BCUT2D eigenvalue weighted by atomic mass is 10.1. The molecule has 40 heavy (non-hydrogen) atoms. The first-order chi connectivity index (χ1) is 19.2. The molecule has 0 spiro atoms. The molecule has 4 amide bonds. The van der Waals surface area contributed by atoms with E-state index in [4.69, 9.17) is 14.2 Å². The van der Waals surface area contributed by atoms with E-state index in [0.717, 1.165) is 21.6 Å². The molecule has 0 radical (unpaired) electrons. The number of carbonyl (C=O) groups is 4. The van der Waals surface area contributed by atoms with Crippen molar-refractivity contribution in [3.8, 4) is 11.5 Å². The zero-order valence-corrected chi connectivity index (χ0v) is 22.8. The van der Waals surface area contributed by atoms with Crippen LogP contribution in [0.2, 0.25) is 0 Å². The van der Waals surface area contributed by atoms with Crippen molar-refractivity contribution < 1.29 is 33.4 Å². The average molecular weight is 543 g/mol. The lowest BCUT2D eigenvalue weighted by molar-refractivity contribution is -0.122. The number of carbonyl (C=O) groups excluding carboxylic acids is 4. The molecule has 1 saturated heterocycles. The lowest BCUT2D eigenvalue weighted by Crippen LogP contribution is -2.54. The normalized spacial score (nSPS) is 14.2. The highest BCUT2D eigenvalue weighted by Crippen LogP contribution is 2.31. The van der Waals surface area contributed by atoms with Crippen LogP contribution < -0.4 is 19.7 Å². The largest absolute Gasteiger partial charge is 0.490 e. The number of nitrogens with one attached hydrogen (secondary N) is 1. The van der Waals surface area contributed by atoms with E-state index in [2.05, 4.69) is 23.5 Å². The molecule has 1 fully saturated rings. The smallest absolute Gasteiger partial charge is 0.338 e. The minimum Gasteiger partial charge on any atom is -0.490 e. The molecule has 0 bridgehead atoms. The molecule has 0 atom stereocenters. The Bertz CT molecular complexity index is 1470. The fourth-order valence-electron chi connectivity index (χ4n) is 4.34. The Hall–Kier alpha value is -4.92. The number of esters is 1. The maximum Gasteiger partial charge on any atom is 0.338 e. The van der Waals surface area contributed by atoms with Crippen LogP contribution in [0.4, 0.5) is 10.5 Å². The summed E-state index contributed by atoms with van der Waals surface area (Å²) < 4.78 is 16.8. The predicted octanol–water partition coefficient (Wildman–Crippen LogP) is 5.12. The summed E-state index contributed by atoms with van der Waals surface area (Å²) >= 11 is 0. The number of nitrogens with zero attached hydrogens (tertiary/aromatic N) is 1. The van der Waals surface area contributed by atoms with Gasteiger partial charge in [-0.25, -0.2) is 14.5 Å². The van der Waals surface area contributed by atoms with Gasteiger partial charge in [0.1, 0.15) is 12.2 Å². The number of benzene rings is 3. The van der Waals surface area contributed by atoms with Gasteiger partial charge in [0.05, 0.1) is 24.5 Å². The molecular formula is C31H30N2O7. The highest BCUT2D eigenvalue weighted by atomic mass is 16.5. The summed E-state index contributed by atoms with van der Waals surface area (Å²) in [5, 5.41) is 2.20. The van der Waals surface area contributed by atoms with Gasteiger partial charge in [-0.2, -0.15) is 0 Å². The number of hydrogen-bond donors (Lipinski definition) is 1. The molecule has 0 aromatic heterocycles. The Morgan fingerprint density at radius 1 is 0.850 bits per heavy atom. The Kier molecular flexibility index (Phi) is 8.63. The van der Waals surface area contributed by atoms with Crippen LogP contribution in [0.1, 0.15) is 46.5 Å². The Labute approximate surface area is 232 Å². The second-order valence-electron chi connectivity index (χ2n) is 9.15. The zero-order valence-electron chi connectivity index (χ0n) is 22.8. The number of amides is 4. The van der Waals surface area contributed by atoms with E-state index in [0.29, 0.717) is 30.3 Å². The molecule has 4 rings (SSSR count). The SMILES string of the molecule is CCOC(=O)c1ccc(N2C(=O)NC(=O)/C(=C\c3ccc(OCc4cc(C)cc(C)c4)c(OCC)c3)C2=O)cc1. The van der Waals surface area contributed by atoms with E-state index in [9.17, 15) is 19.2 Å². The summed E-state index contributed by atoms with van der Waals surface area (Å²) in [5.41, 5.74) is 4.04. The second-order valence-corrected chi connectivity index (χ2v) is 9.15. The summed E-state index contributed by atoms with van der Waals surface area (Å²) in [6, 6.07) is 16.1. The zero-order chi connectivity index (χ0) is 28.8. The molecular weight excluding hydrogens is 512 g/mol. The summed E-state index contributed by atoms with van der Waals surface area (Å²) in [6.45, 7) is 8.53. The van der Waals surface area contributed by atoms with Crippen molar-refractivity contribution in [1.82, 2.24) is 5.32 Å². The number of imide groups is 2. The van der Waals surface area contributed by atoms with Gasteiger partial charge in [0.15, 0.2) is 11.5 Å². The Morgan fingerprint density at radius 3 is 2.20 bits per heavy atom. The molecule has 1 aliphatic heterocycles. The molecule has 0 aliphatic carbocycles. The minimum atomic E-state index is -0.888. The summed E-state index contributed by atoms with van der Waals surface area (Å²) in [5.74, 6) is -1.17. The quantitative estimate of drug-likeness (QED) is 0.227. The molecule has 0 saturated carbocycles. The van der Waals surface area contributed by atoms with Gasteiger partial charge in [0.25, 0.3) is 11.8 Å². The standard InChI is InChI=1S/C31H30N2O7/c1-5-38-27-17-21(7-12-26(27)40-18-22-14-19(3)13-20(4)15-22)16-25-28(34)32-31(37)33(29(25)35)24-10-8-23(9-11-24)30(36)39-6-2/h7-17H,5-6,18H2,1-4H3,(H,32,34,37)/b25-16+. The van der Waals surface area contributed by atoms with Crippen LogP contribution in [0.25, 0.3) is 6.08 Å². The molecule has 1 N–H and O–H groups in total. The molecule has 1 aliphatic rings. The third kappa shape index (κ3) is 6.37. The van der Waals surface area contributed by atoms with Gasteiger partial charge < -0.3 is 14.2 Å².